The zero-order valence-electron chi connectivity index (χ0n) is 11.3. The summed E-state index contributed by atoms with van der Waals surface area (Å²) in [4.78, 5) is 4.38. The topological polar surface area (TPSA) is 67.6 Å². The Balaban J connectivity index is 2.22. The summed E-state index contributed by atoms with van der Waals surface area (Å²) in [5, 5.41) is 9.05. The highest BCUT2D eigenvalue weighted by atomic mass is 15.1. The first-order valence-electron chi connectivity index (χ1n) is 6.30. The Labute approximate surface area is 113 Å². The molecule has 0 aliphatic carbocycles. The molecular weight excluding hydrogens is 236 g/mol. The molecule has 0 spiro atoms. The first kappa shape index (κ1) is 13.2. The second-order valence-corrected chi connectivity index (χ2v) is 5.32. The predicted octanol–water partition coefficient (Wildman–Crippen LogP) is 3.07. The van der Waals surface area contributed by atoms with Crippen LogP contribution in [0.1, 0.15) is 20.3 Å². The van der Waals surface area contributed by atoms with E-state index >= 15 is 0 Å². The number of hydrogen-bond donors (Lipinski definition) is 1. The van der Waals surface area contributed by atoms with Crippen molar-refractivity contribution in [3.8, 4) is 17.5 Å². The lowest BCUT2D eigenvalue weighted by Crippen LogP contribution is -2.12. The highest BCUT2D eigenvalue weighted by Gasteiger charge is 2.17. The number of imidazole rings is 1. The SMILES string of the molecule is CC(C)(C#N)CCn1ccnc1-c1cccc(N)c1. The number of rotatable bonds is 4. The lowest BCUT2D eigenvalue weighted by Gasteiger charge is -2.16. The Morgan fingerprint density at radius 2 is 2.21 bits per heavy atom. The highest BCUT2D eigenvalue weighted by Crippen LogP contribution is 2.23. The molecule has 98 valence electrons. The number of aryl methyl sites for hydroxylation is 1. The minimum Gasteiger partial charge on any atom is -0.399 e. The van der Waals surface area contributed by atoms with Crippen LogP contribution in [0.5, 0.6) is 0 Å². The van der Waals surface area contributed by atoms with Crippen LogP contribution < -0.4 is 5.73 Å². The van der Waals surface area contributed by atoms with Gasteiger partial charge in [0.05, 0.1) is 11.5 Å². The fourth-order valence-electron chi connectivity index (χ4n) is 1.88. The van der Waals surface area contributed by atoms with Crippen molar-refractivity contribution < 1.29 is 0 Å². The number of nitrogen functional groups attached to an aromatic ring is 1. The second-order valence-electron chi connectivity index (χ2n) is 5.32. The molecule has 1 heterocycles. The van der Waals surface area contributed by atoms with Crippen LogP contribution in [0.4, 0.5) is 5.69 Å². The molecule has 1 aromatic heterocycles. The van der Waals surface area contributed by atoms with Gasteiger partial charge in [0.1, 0.15) is 5.82 Å². The van der Waals surface area contributed by atoms with Crippen LogP contribution in [0, 0.1) is 16.7 Å². The van der Waals surface area contributed by atoms with Gasteiger partial charge in [0, 0.05) is 30.2 Å². The Kier molecular flexibility index (Phi) is 3.57. The van der Waals surface area contributed by atoms with Crippen LogP contribution in [0.15, 0.2) is 36.7 Å². The third kappa shape index (κ3) is 3.14. The summed E-state index contributed by atoms with van der Waals surface area (Å²) < 4.78 is 2.06. The van der Waals surface area contributed by atoms with E-state index in [2.05, 4.69) is 15.6 Å². The van der Waals surface area contributed by atoms with Gasteiger partial charge in [-0.2, -0.15) is 5.26 Å². The summed E-state index contributed by atoms with van der Waals surface area (Å²) in [6.45, 7) is 4.67. The third-order valence-corrected chi connectivity index (χ3v) is 3.14. The molecule has 2 aromatic rings. The van der Waals surface area contributed by atoms with Gasteiger partial charge in [0.15, 0.2) is 0 Å². The van der Waals surface area contributed by atoms with Gasteiger partial charge in [-0.05, 0) is 32.4 Å². The van der Waals surface area contributed by atoms with Crippen molar-refractivity contribution >= 4 is 5.69 Å². The largest absolute Gasteiger partial charge is 0.399 e. The smallest absolute Gasteiger partial charge is 0.139 e. The lowest BCUT2D eigenvalue weighted by molar-refractivity contribution is 0.414. The number of nitrogens with zero attached hydrogens (tertiary/aromatic N) is 3. The van der Waals surface area contributed by atoms with Crippen LogP contribution in [0.2, 0.25) is 0 Å². The zero-order chi connectivity index (χ0) is 13.9. The Bertz CT molecular complexity index is 605. The quantitative estimate of drug-likeness (QED) is 0.852. The van der Waals surface area contributed by atoms with Crippen molar-refractivity contribution in [1.82, 2.24) is 9.55 Å². The number of hydrogen-bond acceptors (Lipinski definition) is 3. The number of aromatic nitrogens is 2. The lowest BCUT2D eigenvalue weighted by atomic mass is 9.91. The minimum absolute atomic E-state index is 0.322. The van der Waals surface area contributed by atoms with Gasteiger partial charge in [-0.3, -0.25) is 0 Å². The van der Waals surface area contributed by atoms with Gasteiger partial charge >= 0.3 is 0 Å². The van der Waals surface area contributed by atoms with E-state index in [4.69, 9.17) is 11.0 Å². The molecule has 0 atom stereocenters. The summed E-state index contributed by atoms with van der Waals surface area (Å²) in [5.74, 6) is 0.890. The maximum absolute atomic E-state index is 9.05. The normalized spacial score (nSPS) is 11.2. The minimum atomic E-state index is -0.322. The Morgan fingerprint density at radius 3 is 2.89 bits per heavy atom. The average Bonchev–Trinajstić information content (AvgIpc) is 2.85. The molecule has 4 heteroatoms. The zero-order valence-corrected chi connectivity index (χ0v) is 11.3. The molecule has 19 heavy (non-hydrogen) atoms. The first-order valence-corrected chi connectivity index (χ1v) is 6.30. The summed E-state index contributed by atoms with van der Waals surface area (Å²) in [6.07, 6.45) is 4.50. The molecule has 2 N–H and O–H groups in total. The molecule has 1 aromatic carbocycles. The maximum Gasteiger partial charge on any atom is 0.139 e. The van der Waals surface area contributed by atoms with Gasteiger partial charge in [0.25, 0.3) is 0 Å². The van der Waals surface area contributed by atoms with Crippen LogP contribution in [0.25, 0.3) is 11.4 Å². The van der Waals surface area contributed by atoms with Crippen molar-refractivity contribution in [2.24, 2.45) is 5.41 Å². The molecule has 2 rings (SSSR count). The number of benzene rings is 1. The molecule has 0 saturated heterocycles. The molecule has 0 unspecified atom stereocenters. The number of nitriles is 1. The first-order chi connectivity index (χ1) is 9.02. The molecule has 0 aliphatic heterocycles. The predicted molar refractivity (Wildman–Crippen MR) is 76.1 cm³/mol. The van der Waals surface area contributed by atoms with Crippen molar-refractivity contribution in [3.05, 3.63) is 36.7 Å². The Hall–Kier alpha value is -2.28. The number of anilines is 1. The average molecular weight is 254 g/mol. The van der Waals surface area contributed by atoms with Crippen LogP contribution >= 0.6 is 0 Å². The molecule has 0 saturated carbocycles. The standard InChI is InChI=1S/C15H18N4/c1-15(2,11-16)6-8-19-9-7-18-14(19)12-4-3-5-13(17)10-12/h3-5,7,9-10H,6,8,17H2,1-2H3. The van der Waals surface area contributed by atoms with Crippen molar-refractivity contribution in [3.63, 3.8) is 0 Å². The summed E-state index contributed by atoms with van der Waals surface area (Å²) >= 11 is 0. The van der Waals surface area contributed by atoms with Gasteiger partial charge in [-0.1, -0.05) is 12.1 Å². The monoisotopic (exact) mass is 254 g/mol. The molecule has 0 radical (unpaired) electrons. The van der Waals surface area contributed by atoms with E-state index < -0.39 is 0 Å². The van der Waals surface area contributed by atoms with Gasteiger partial charge in [0.2, 0.25) is 0 Å². The van der Waals surface area contributed by atoms with Crippen LogP contribution in [-0.4, -0.2) is 9.55 Å². The fourth-order valence-corrected chi connectivity index (χ4v) is 1.88. The van der Waals surface area contributed by atoms with E-state index in [0.717, 1.165) is 30.0 Å². The highest BCUT2D eigenvalue weighted by molar-refractivity contribution is 5.61. The van der Waals surface area contributed by atoms with Crippen molar-refractivity contribution in [2.45, 2.75) is 26.8 Å². The van der Waals surface area contributed by atoms with E-state index in [1.165, 1.54) is 0 Å². The summed E-state index contributed by atoms with van der Waals surface area (Å²) in [5.41, 5.74) is 7.20. The Morgan fingerprint density at radius 1 is 1.42 bits per heavy atom. The van der Waals surface area contributed by atoms with E-state index in [0.29, 0.717) is 0 Å². The van der Waals surface area contributed by atoms with Gasteiger partial charge < -0.3 is 10.3 Å². The van der Waals surface area contributed by atoms with Crippen molar-refractivity contribution in [2.75, 3.05) is 5.73 Å². The maximum atomic E-state index is 9.05. The molecule has 0 fully saturated rings. The van der Waals surface area contributed by atoms with Crippen molar-refractivity contribution in [1.29, 1.82) is 5.26 Å². The van der Waals surface area contributed by atoms with Crippen LogP contribution in [0.3, 0.4) is 0 Å². The molecule has 0 aliphatic rings. The van der Waals surface area contributed by atoms with Gasteiger partial charge in [-0.15, -0.1) is 0 Å². The van der Waals surface area contributed by atoms with E-state index in [1.807, 2.05) is 44.3 Å². The molecular formula is C15H18N4. The second kappa shape index (κ2) is 5.15. The number of nitrogens with two attached hydrogens (primary N) is 1. The van der Waals surface area contributed by atoms with E-state index in [9.17, 15) is 0 Å². The fraction of sp³-hybridized carbons (Fsp3) is 0.333. The van der Waals surface area contributed by atoms with E-state index in [1.54, 1.807) is 6.20 Å². The van der Waals surface area contributed by atoms with Crippen LogP contribution in [-0.2, 0) is 6.54 Å². The van der Waals surface area contributed by atoms with Gasteiger partial charge in [-0.25, -0.2) is 4.98 Å². The van der Waals surface area contributed by atoms with E-state index in [-0.39, 0.29) is 5.41 Å². The third-order valence-electron chi connectivity index (χ3n) is 3.14. The molecule has 0 amide bonds. The molecule has 4 nitrogen and oxygen atoms in total. The molecule has 0 bridgehead atoms. The summed E-state index contributed by atoms with van der Waals surface area (Å²) in [6, 6.07) is 10.00. The summed E-state index contributed by atoms with van der Waals surface area (Å²) in [7, 11) is 0.